The Labute approximate surface area is 137 Å². The number of nitrogens with zero attached hydrogens (tertiary/aromatic N) is 2. The summed E-state index contributed by atoms with van der Waals surface area (Å²) in [6.45, 7) is 0.215. The molecule has 0 saturated carbocycles. The van der Waals surface area contributed by atoms with Crippen molar-refractivity contribution in [2.45, 2.75) is 6.54 Å². The number of amides is 1. The second kappa shape index (κ2) is 6.93. The number of rotatable bonds is 5. The van der Waals surface area contributed by atoms with Crippen LogP contribution >= 0.6 is 11.6 Å². The molecule has 3 aromatic heterocycles. The highest BCUT2D eigenvalue weighted by Crippen LogP contribution is 2.22. The minimum absolute atomic E-state index is 0.204. The van der Waals surface area contributed by atoms with Crippen molar-refractivity contribution in [1.82, 2.24) is 15.3 Å². The van der Waals surface area contributed by atoms with Crippen LogP contribution in [0.2, 0.25) is 5.22 Å². The number of carbonyl (C=O) groups excluding carboxylic acids is 1. The zero-order chi connectivity index (χ0) is 16.1. The molecule has 1 amide bonds. The summed E-state index contributed by atoms with van der Waals surface area (Å²) < 4.78 is 10.8. The van der Waals surface area contributed by atoms with Gasteiger partial charge < -0.3 is 14.5 Å². The van der Waals surface area contributed by atoms with E-state index >= 15 is 0 Å². The third-order valence-electron chi connectivity index (χ3n) is 2.92. The minimum Gasteiger partial charge on any atom is -0.448 e. The van der Waals surface area contributed by atoms with Gasteiger partial charge >= 0.3 is 0 Å². The first kappa shape index (κ1) is 15.1. The summed E-state index contributed by atoms with van der Waals surface area (Å²) >= 11 is 5.69. The zero-order valence-electron chi connectivity index (χ0n) is 11.9. The van der Waals surface area contributed by atoms with Crippen LogP contribution in [-0.4, -0.2) is 15.9 Å². The monoisotopic (exact) mass is 329 g/mol. The van der Waals surface area contributed by atoms with Gasteiger partial charge in [-0.25, -0.2) is 4.98 Å². The van der Waals surface area contributed by atoms with Crippen molar-refractivity contribution >= 4 is 17.5 Å². The first-order valence-corrected chi connectivity index (χ1v) is 7.15. The summed E-state index contributed by atoms with van der Waals surface area (Å²) in [6, 6.07) is 10.1. The van der Waals surface area contributed by atoms with Gasteiger partial charge in [0.1, 0.15) is 17.1 Å². The molecule has 0 bridgehead atoms. The SMILES string of the molecule is O=C(NCc1ccc(Cl)o1)c1cccnc1Oc1cccnc1. The Morgan fingerprint density at radius 3 is 2.83 bits per heavy atom. The van der Waals surface area contributed by atoms with Gasteiger partial charge in [0, 0.05) is 12.4 Å². The Morgan fingerprint density at radius 1 is 1.22 bits per heavy atom. The van der Waals surface area contributed by atoms with Gasteiger partial charge in [0.2, 0.25) is 5.88 Å². The second-order valence-corrected chi connectivity index (χ2v) is 4.91. The summed E-state index contributed by atoms with van der Waals surface area (Å²) in [5, 5.41) is 3.00. The molecule has 6 nitrogen and oxygen atoms in total. The lowest BCUT2D eigenvalue weighted by Gasteiger charge is -2.09. The minimum atomic E-state index is -0.329. The molecular formula is C16H12ClN3O3. The third-order valence-corrected chi connectivity index (χ3v) is 3.12. The smallest absolute Gasteiger partial charge is 0.257 e. The average Bonchev–Trinajstić information content (AvgIpc) is 3.00. The van der Waals surface area contributed by atoms with Gasteiger partial charge in [-0.3, -0.25) is 9.78 Å². The van der Waals surface area contributed by atoms with Crippen molar-refractivity contribution < 1.29 is 13.9 Å². The van der Waals surface area contributed by atoms with Crippen LogP contribution in [0, 0.1) is 0 Å². The van der Waals surface area contributed by atoms with Crippen LogP contribution < -0.4 is 10.1 Å². The summed E-state index contributed by atoms with van der Waals surface area (Å²) in [6.07, 6.45) is 4.73. The molecule has 0 unspecified atom stereocenters. The van der Waals surface area contributed by atoms with Gasteiger partial charge in [0.05, 0.1) is 12.7 Å². The van der Waals surface area contributed by atoms with Crippen LogP contribution in [0.5, 0.6) is 11.6 Å². The maximum absolute atomic E-state index is 12.3. The molecule has 0 spiro atoms. The first-order valence-electron chi connectivity index (χ1n) is 6.77. The fraction of sp³-hybridized carbons (Fsp3) is 0.0625. The lowest BCUT2D eigenvalue weighted by atomic mass is 10.2. The van der Waals surface area contributed by atoms with E-state index in [1.165, 1.54) is 0 Å². The van der Waals surface area contributed by atoms with E-state index in [1.807, 2.05) is 0 Å². The van der Waals surface area contributed by atoms with Crippen LogP contribution in [0.15, 0.2) is 59.4 Å². The fourth-order valence-electron chi connectivity index (χ4n) is 1.87. The molecule has 0 saturated heterocycles. The van der Waals surface area contributed by atoms with Crippen molar-refractivity contribution in [1.29, 1.82) is 0 Å². The Kier molecular flexibility index (Phi) is 4.54. The summed E-state index contributed by atoms with van der Waals surface area (Å²) in [7, 11) is 0. The van der Waals surface area contributed by atoms with E-state index in [1.54, 1.807) is 55.0 Å². The number of hydrogen-bond donors (Lipinski definition) is 1. The number of furan rings is 1. The largest absolute Gasteiger partial charge is 0.448 e. The average molecular weight is 330 g/mol. The molecule has 1 N–H and O–H groups in total. The van der Waals surface area contributed by atoms with Crippen LogP contribution in [0.3, 0.4) is 0 Å². The molecule has 0 aliphatic heterocycles. The maximum atomic E-state index is 12.3. The van der Waals surface area contributed by atoms with Gasteiger partial charge in [-0.2, -0.15) is 0 Å². The standard InChI is InChI=1S/C16H12ClN3O3/c17-14-6-5-12(22-14)10-20-15(21)13-4-2-8-19-16(13)23-11-3-1-7-18-9-11/h1-9H,10H2,(H,20,21). The Morgan fingerprint density at radius 2 is 2.09 bits per heavy atom. The second-order valence-electron chi connectivity index (χ2n) is 4.54. The quantitative estimate of drug-likeness (QED) is 0.775. The normalized spacial score (nSPS) is 10.3. The predicted octanol–water partition coefficient (Wildman–Crippen LogP) is 3.45. The van der Waals surface area contributed by atoms with Crippen LogP contribution in [0.25, 0.3) is 0 Å². The van der Waals surface area contributed by atoms with E-state index in [0.717, 1.165) is 0 Å². The van der Waals surface area contributed by atoms with Crippen LogP contribution in [-0.2, 0) is 6.54 Å². The van der Waals surface area contributed by atoms with Crippen molar-refractivity contribution in [3.8, 4) is 11.6 Å². The van der Waals surface area contributed by atoms with E-state index in [4.69, 9.17) is 20.8 Å². The molecule has 23 heavy (non-hydrogen) atoms. The van der Waals surface area contributed by atoms with E-state index in [9.17, 15) is 4.79 Å². The number of carbonyl (C=O) groups is 1. The highest BCUT2D eigenvalue weighted by Gasteiger charge is 2.14. The lowest BCUT2D eigenvalue weighted by molar-refractivity contribution is 0.0945. The van der Waals surface area contributed by atoms with Gasteiger partial charge in [-0.05, 0) is 48.0 Å². The number of ether oxygens (including phenoxy) is 1. The van der Waals surface area contributed by atoms with E-state index in [0.29, 0.717) is 17.1 Å². The molecule has 0 fully saturated rings. The van der Waals surface area contributed by atoms with Crippen LogP contribution in [0.1, 0.15) is 16.1 Å². The number of nitrogens with one attached hydrogen (secondary N) is 1. The van der Waals surface area contributed by atoms with Crippen molar-refractivity contribution in [2.24, 2.45) is 0 Å². The highest BCUT2D eigenvalue weighted by molar-refractivity contribution is 6.28. The molecule has 0 atom stereocenters. The van der Waals surface area contributed by atoms with E-state index < -0.39 is 0 Å². The molecule has 3 aromatic rings. The number of hydrogen-bond acceptors (Lipinski definition) is 5. The predicted molar refractivity (Wildman–Crippen MR) is 83.4 cm³/mol. The number of aromatic nitrogens is 2. The van der Waals surface area contributed by atoms with Crippen molar-refractivity contribution in [3.05, 3.63) is 71.5 Å². The molecule has 0 radical (unpaired) electrons. The number of halogens is 1. The van der Waals surface area contributed by atoms with Gasteiger partial charge in [-0.15, -0.1) is 0 Å². The molecule has 116 valence electrons. The molecule has 7 heteroatoms. The molecule has 0 aromatic carbocycles. The van der Waals surface area contributed by atoms with Crippen LogP contribution in [0.4, 0.5) is 0 Å². The summed E-state index contributed by atoms with van der Waals surface area (Å²) in [5.74, 6) is 0.931. The molecule has 3 heterocycles. The molecule has 0 aliphatic rings. The van der Waals surface area contributed by atoms with Gasteiger partial charge in [-0.1, -0.05) is 0 Å². The van der Waals surface area contributed by atoms with Gasteiger partial charge in [0.25, 0.3) is 5.91 Å². The summed E-state index contributed by atoms with van der Waals surface area (Å²) in [5.41, 5.74) is 0.314. The number of pyridine rings is 2. The summed E-state index contributed by atoms with van der Waals surface area (Å²) in [4.78, 5) is 20.4. The van der Waals surface area contributed by atoms with E-state index in [2.05, 4.69) is 15.3 Å². The topological polar surface area (TPSA) is 77.2 Å². The molecular weight excluding hydrogens is 318 g/mol. The van der Waals surface area contributed by atoms with E-state index in [-0.39, 0.29) is 23.6 Å². The zero-order valence-corrected chi connectivity index (χ0v) is 12.7. The van der Waals surface area contributed by atoms with Crippen molar-refractivity contribution in [3.63, 3.8) is 0 Å². The Balaban J connectivity index is 1.72. The lowest BCUT2D eigenvalue weighted by Crippen LogP contribution is -2.23. The van der Waals surface area contributed by atoms with Gasteiger partial charge in [0.15, 0.2) is 5.22 Å². The first-order chi connectivity index (χ1) is 11.2. The molecule has 3 rings (SSSR count). The highest BCUT2D eigenvalue weighted by atomic mass is 35.5. The Hall–Kier alpha value is -2.86. The molecule has 0 aliphatic carbocycles. The Bertz CT molecular complexity index is 805. The third kappa shape index (κ3) is 3.87. The van der Waals surface area contributed by atoms with Crippen molar-refractivity contribution in [2.75, 3.05) is 0 Å². The fourth-order valence-corrected chi connectivity index (χ4v) is 2.04. The maximum Gasteiger partial charge on any atom is 0.257 e.